The molecule has 5 unspecified atom stereocenters. The molecule has 1 fully saturated rings. The Bertz CT molecular complexity index is 2410. The van der Waals surface area contributed by atoms with E-state index in [-0.39, 0.29) is 10.8 Å². The van der Waals surface area contributed by atoms with Gasteiger partial charge in [-0.2, -0.15) is 0 Å². The van der Waals surface area contributed by atoms with E-state index in [1.807, 2.05) is 0 Å². The van der Waals surface area contributed by atoms with Crippen molar-refractivity contribution in [3.63, 3.8) is 0 Å². The Balaban J connectivity index is 1.09. The largest absolute Gasteiger partial charge is 0.315 e. The maximum absolute atomic E-state index is 2.65. The third kappa shape index (κ3) is 4.97. The molecule has 0 bridgehead atoms. The molecule has 1 spiro atoms. The van der Waals surface area contributed by atoms with Gasteiger partial charge in [-0.3, -0.25) is 0 Å². The predicted octanol–water partition coefficient (Wildman–Crippen LogP) is 14.1. The molecule has 1 saturated carbocycles. The van der Waals surface area contributed by atoms with Crippen molar-refractivity contribution < 1.29 is 0 Å². The van der Waals surface area contributed by atoms with Gasteiger partial charge in [-0.1, -0.05) is 148 Å². The summed E-state index contributed by atoms with van der Waals surface area (Å²) in [6, 6.07) is 46.2. The number of anilines is 2. The summed E-state index contributed by atoms with van der Waals surface area (Å²) in [6.45, 7) is 7.66. The lowest BCUT2D eigenvalue weighted by atomic mass is 9.63. The van der Waals surface area contributed by atoms with Gasteiger partial charge in [0.15, 0.2) is 0 Å². The number of fused-ring (bicyclic) bond motifs is 12. The topological polar surface area (TPSA) is 3.24 Å². The van der Waals surface area contributed by atoms with E-state index in [0.29, 0.717) is 11.8 Å². The third-order valence-electron chi connectivity index (χ3n) is 14.7. The first kappa shape index (κ1) is 33.2. The minimum Gasteiger partial charge on any atom is -0.315 e. The van der Waals surface area contributed by atoms with Gasteiger partial charge in [-0.15, -0.1) is 0 Å². The Morgan fingerprint density at radius 3 is 2.11 bits per heavy atom. The zero-order valence-corrected chi connectivity index (χ0v) is 32.5. The van der Waals surface area contributed by atoms with Gasteiger partial charge in [-0.25, -0.2) is 0 Å². The molecule has 0 N–H and O–H groups in total. The second-order valence-corrected chi connectivity index (χ2v) is 18.1. The highest BCUT2D eigenvalue weighted by molar-refractivity contribution is 5.97. The van der Waals surface area contributed by atoms with E-state index < -0.39 is 0 Å². The van der Waals surface area contributed by atoms with Crippen molar-refractivity contribution in [1.82, 2.24) is 0 Å². The highest BCUT2D eigenvalue weighted by Gasteiger charge is 2.54. The molecule has 55 heavy (non-hydrogen) atoms. The first-order valence-corrected chi connectivity index (χ1v) is 21.0. The van der Waals surface area contributed by atoms with Gasteiger partial charge < -0.3 is 4.90 Å². The molecule has 0 heterocycles. The summed E-state index contributed by atoms with van der Waals surface area (Å²) in [7, 11) is 0. The van der Waals surface area contributed by atoms with Crippen LogP contribution in [-0.4, -0.2) is 0 Å². The molecule has 1 nitrogen and oxygen atoms in total. The lowest BCUT2D eigenvalue weighted by molar-refractivity contribution is 0.114. The summed E-state index contributed by atoms with van der Waals surface area (Å²) < 4.78 is 0. The Kier molecular flexibility index (Phi) is 7.51. The number of hydrogen-bond donors (Lipinski definition) is 0. The van der Waals surface area contributed by atoms with Crippen LogP contribution in [0.5, 0.6) is 0 Å². The molecule has 0 saturated heterocycles. The van der Waals surface area contributed by atoms with Crippen molar-refractivity contribution in [3.8, 4) is 22.3 Å². The molecule has 6 aliphatic rings. The van der Waals surface area contributed by atoms with Crippen LogP contribution in [0, 0.1) is 35.0 Å². The van der Waals surface area contributed by atoms with Crippen LogP contribution in [0.4, 0.5) is 11.4 Å². The Morgan fingerprint density at radius 2 is 1.35 bits per heavy atom. The summed E-state index contributed by atoms with van der Waals surface area (Å²) >= 11 is 0. The summed E-state index contributed by atoms with van der Waals surface area (Å²) in [5, 5.41) is 0. The van der Waals surface area contributed by atoms with Crippen molar-refractivity contribution in [2.24, 2.45) is 35.0 Å². The number of rotatable bonds is 4. The SMILES string of the molecule is CC1CC/C(N(c2ccc(-c3ccccc3)cc2)c2ccc3c(c2)C2(C4=C3C=CCC4)c3ccccc3-c3ccccc32)=C\CC(C)(C)C2C=CC3CC3C12. The highest BCUT2D eigenvalue weighted by atomic mass is 15.1. The van der Waals surface area contributed by atoms with E-state index in [2.05, 4.69) is 177 Å². The van der Waals surface area contributed by atoms with Crippen LogP contribution in [0.1, 0.15) is 81.5 Å². The summed E-state index contributed by atoms with van der Waals surface area (Å²) in [5.41, 5.74) is 17.9. The lowest BCUT2D eigenvalue weighted by Gasteiger charge is -2.42. The van der Waals surface area contributed by atoms with Gasteiger partial charge in [0.2, 0.25) is 0 Å². The van der Waals surface area contributed by atoms with Crippen LogP contribution >= 0.6 is 0 Å². The second-order valence-electron chi connectivity index (χ2n) is 18.1. The fourth-order valence-electron chi connectivity index (χ4n) is 12.0. The fraction of sp³-hybridized carbons (Fsp3) is 0.296. The van der Waals surface area contributed by atoms with Crippen LogP contribution in [0.2, 0.25) is 0 Å². The first-order valence-electron chi connectivity index (χ1n) is 21.0. The molecule has 5 aromatic rings. The molecule has 0 radical (unpaired) electrons. The van der Waals surface area contributed by atoms with E-state index in [4.69, 9.17) is 0 Å². The molecule has 11 rings (SSSR count). The van der Waals surface area contributed by atoms with Crippen LogP contribution in [0.15, 0.2) is 163 Å². The quantitative estimate of drug-likeness (QED) is 0.168. The van der Waals surface area contributed by atoms with E-state index in [1.54, 1.807) is 5.57 Å². The van der Waals surface area contributed by atoms with Crippen molar-refractivity contribution in [1.29, 1.82) is 0 Å². The number of allylic oxidation sites excluding steroid dienone is 8. The van der Waals surface area contributed by atoms with Crippen LogP contribution in [-0.2, 0) is 5.41 Å². The molecular formula is C54H51N. The van der Waals surface area contributed by atoms with Gasteiger partial charge in [0.05, 0.1) is 5.41 Å². The maximum atomic E-state index is 2.65. The molecule has 0 aliphatic heterocycles. The Morgan fingerprint density at radius 1 is 0.655 bits per heavy atom. The molecule has 1 heteroatoms. The lowest BCUT2D eigenvalue weighted by Crippen LogP contribution is -2.35. The molecule has 5 aromatic carbocycles. The summed E-state index contributed by atoms with van der Waals surface area (Å²) in [6.07, 6.45) is 19.6. The van der Waals surface area contributed by atoms with Crippen molar-refractivity contribution >= 4 is 16.9 Å². The Hall–Kier alpha value is -5.14. The number of benzene rings is 5. The molecule has 0 amide bonds. The van der Waals surface area contributed by atoms with Crippen LogP contribution in [0.25, 0.3) is 27.8 Å². The summed E-state index contributed by atoms with van der Waals surface area (Å²) in [4.78, 5) is 2.65. The van der Waals surface area contributed by atoms with E-state index in [9.17, 15) is 0 Å². The smallest absolute Gasteiger partial charge is 0.0689 e. The average Bonchev–Trinajstić information content (AvgIpc) is 3.88. The maximum Gasteiger partial charge on any atom is 0.0689 e. The third-order valence-corrected chi connectivity index (χ3v) is 14.7. The van der Waals surface area contributed by atoms with Gasteiger partial charge >= 0.3 is 0 Å². The zero-order chi connectivity index (χ0) is 36.9. The van der Waals surface area contributed by atoms with Crippen LogP contribution < -0.4 is 4.90 Å². The average molecular weight is 714 g/mol. The van der Waals surface area contributed by atoms with Gasteiger partial charge in [0, 0.05) is 17.1 Å². The Labute approximate surface area is 327 Å². The second kappa shape index (κ2) is 12.4. The van der Waals surface area contributed by atoms with Crippen molar-refractivity contribution in [2.45, 2.75) is 64.7 Å². The standard InChI is InChI=1S/C54H51N/c1-35-21-25-40(31-32-53(2,3)50-30-24-38-33-46(38)52(35)50)55(39-26-22-37(23-27-39)36-13-5-4-6-14-36)41-28-29-45-44-17-9-12-20-49(44)54(51(45)34-41)47-18-10-7-15-42(47)43-16-8-11-19-48(43)54/h4-11,13-19,22-24,26-31,34-35,38,46,50,52H,12,20-21,25,32-33H2,1-3H3/b40-31+. The zero-order valence-electron chi connectivity index (χ0n) is 32.5. The highest BCUT2D eigenvalue weighted by Crippen LogP contribution is 2.64. The number of hydrogen-bond acceptors (Lipinski definition) is 1. The van der Waals surface area contributed by atoms with Crippen molar-refractivity contribution in [3.05, 3.63) is 185 Å². The molecule has 0 aromatic heterocycles. The molecule has 272 valence electrons. The van der Waals surface area contributed by atoms with Gasteiger partial charge in [0.1, 0.15) is 0 Å². The van der Waals surface area contributed by atoms with Crippen LogP contribution in [0.3, 0.4) is 0 Å². The van der Waals surface area contributed by atoms with E-state index >= 15 is 0 Å². The number of nitrogens with zero attached hydrogens (tertiary/aromatic N) is 1. The fourth-order valence-corrected chi connectivity index (χ4v) is 12.0. The predicted molar refractivity (Wildman–Crippen MR) is 230 cm³/mol. The molecular weight excluding hydrogens is 663 g/mol. The minimum absolute atomic E-state index is 0.190. The normalized spacial score (nSPS) is 27.0. The van der Waals surface area contributed by atoms with Gasteiger partial charge in [-0.05, 0) is 153 Å². The monoisotopic (exact) mass is 713 g/mol. The van der Waals surface area contributed by atoms with E-state index in [0.717, 1.165) is 43.4 Å². The summed E-state index contributed by atoms with van der Waals surface area (Å²) in [5.74, 6) is 3.80. The van der Waals surface area contributed by atoms with E-state index in [1.165, 1.54) is 80.0 Å². The first-order chi connectivity index (χ1) is 26.9. The molecule has 5 atom stereocenters. The van der Waals surface area contributed by atoms with Crippen molar-refractivity contribution in [2.75, 3.05) is 4.90 Å². The molecule has 6 aliphatic carbocycles. The van der Waals surface area contributed by atoms with Gasteiger partial charge in [0.25, 0.3) is 0 Å². The minimum atomic E-state index is -0.284.